The predicted octanol–water partition coefficient (Wildman–Crippen LogP) is 5.41. The zero-order valence-electron chi connectivity index (χ0n) is 17.5. The standard InChI is InChI=1S/C26H24N2O3/c1-16(25(29)20-15-27-21-12-7-5-9-17(20)21)31-26(30)24-18-10-3-2-4-13-22(18)28-23-14-8-6-11-19(23)24/h5-9,11-12,14-16,27H,2-4,10,13H2,1H3/t16-/m0/s1. The normalized spacial score (nSPS) is 14.7. The van der Waals surface area contributed by atoms with Gasteiger partial charge >= 0.3 is 5.97 Å². The number of H-pyrrole nitrogens is 1. The molecule has 0 aliphatic heterocycles. The SMILES string of the molecule is C[C@H](OC(=O)c1c2c(nc3ccccc13)CCCCC2)C(=O)c1c[nH]c2ccccc12. The molecule has 0 spiro atoms. The summed E-state index contributed by atoms with van der Waals surface area (Å²) in [4.78, 5) is 34.4. The van der Waals surface area contributed by atoms with Gasteiger partial charge in [0.05, 0.1) is 11.1 Å². The molecule has 0 amide bonds. The number of esters is 1. The van der Waals surface area contributed by atoms with E-state index in [-0.39, 0.29) is 5.78 Å². The molecule has 1 atom stereocenters. The van der Waals surface area contributed by atoms with Crippen LogP contribution in [0.5, 0.6) is 0 Å². The average molecular weight is 412 g/mol. The van der Waals surface area contributed by atoms with Gasteiger partial charge in [-0.1, -0.05) is 42.8 Å². The fourth-order valence-corrected chi connectivity index (χ4v) is 4.55. The molecule has 0 unspecified atom stereocenters. The number of aromatic nitrogens is 2. The first-order chi connectivity index (χ1) is 15.1. The Hall–Kier alpha value is -3.47. The molecule has 5 heteroatoms. The molecule has 2 heterocycles. The van der Waals surface area contributed by atoms with Crippen LogP contribution in [0.4, 0.5) is 0 Å². The number of hydrogen-bond acceptors (Lipinski definition) is 4. The Morgan fingerprint density at radius 2 is 1.71 bits per heavy atom. The highest BCUT2D eigenvalue weighted by Crippen LogP contribution is 2.30. The van der Waals surface area contributed by atoms with Crippen LogP contribution >= 0.6 is 0 Å². The Morgan fingerprint density at radius 1 is 0.968 bits per heavy atom. The highest BCUT2D eigenvalue weighted by Gasteiger charge is 2.27. The number of benzene rings is 2. The molecule has 0 fully saturated rings. The Morgan fingerprint density at radius 3 is 2.58 bits per heavy atom. The third-order valence-electron chi connectivity index (χ3n) is 6.13. The van der Waals surface area contributed by atoms with Crippen molar-refractivity contribution in [1.82, 2.24) is 9.97 Å². The van der Waals surface area contributed by atoms with Crippen molar-refractivity contribution in [1.29, 1.82) is 0 Å². The lowest BCUT2D eigenvalue weighted by atomic mass is 9.97. The fourth-order valence-electron chi connectivity index (χ4n) is 4.55. The van der Waals surface area contributed by atoms with Crippen molar-refractivity contribution < 1.29 is 14.3 Å². The Balaban J connectivity index is 1.50. The number of carbonyl (C=O) groups excluding carboxylic acids is 2. The molecule has 2 aromatic carbocycles. The maximum atomic E-state index is 13.4. The lowest BCUT2D eigenvalue weighted by Gasteiger charge is -2.17. The number of carbonyl (C=O) groups is 2. The lowest BCUT2D eigenvalue weighted by molar-refractivity contribution is 0.0320. The van der Waals surface area contributed by atoms with Crippen LogP contribution in [-0.2, 0) is 17.6 Å². The van der Waals surface area contributed by atoms with Gasteiger partial charge in [0, 0.05) is 33.7 Å². The van der Waals surface area contributed by atoms with Crippen molar-refractivity contribution in [2.75, 3.05) is 0 Å². The van der Waals surface area contributed by atoms with Gasteiger partial charge in [-0.05, 0) is 50.3 Å². The molecular formula is C26H24N2O3. The van der Waals surface area contributed by atoms with Crippen LogP contribution in [0.3, 0.4) is 0 Å². The molecule has 0 saturated carbocycles. The van der Waals surface area contributed by atoms with Gasteiger partial charge < -0.3 is 9.72 Å². The molecule has 0 radical (unpaired) electrons. The van der Waals surface area contributed by atoms with Crippen molar-refractivity contribution in [3.63, 3.8) is 0 Å². The van der Waals surface area contributed by atoms with Gasteiger partial charge in [-0.15, -0.1) is 0 Å². The second-order valence-electron chi connectivity index (χ2n) is 8.15. The van der Waals surface area contributed by atoms with E-state index in [9.17, 15) is 9.59 Å². The molecule has 31 heavy (non-hydrogen) atoms. The summed E-state index contributed by atoms with van der Waals surface area (Å²) >= 11 is 0. The summed E-state index contributed by atoms with van der Waals surface area (Å²) in [5, 5.41) is 1.62. The summed E-state index contributed by atoms with van der Waals surface area (Å²) in [5.74, 6) is -0.660. The summed E-state index contributed by atoms with van der Waals surface area (Å²) in [6.07, 6.45) is 5.69. The van der Waals surface area contributed by atoms with Crippen molar-refractivity contribution in [3.05, 3.63) is 77.1 Å². The fraction of sp³-hybridized carbons (Fsp3) is 0.269. The number of fused-ring (bicyclic) bond motifs is 3. The van der Waals surface area contributed by atoms with Crippen LogP contribution in [0.15, 0.2) is 54.7 Å². The molecule has 1 N–H and O–H groups in total. The lowest BCUT2D eigenvalue weighted by Crippen LogP contribution is -2.25. The third kappa shape index (κ3) is 3.50. The number of aryl methyl sites for hydroxylation is 1. The maximum Gasteiger partial charge on any atom is 0.339 e. The average Bonchev–Trinajstić information content (AvgIpc) is 3.08. The van der Waals surface area contributed by atoms with E-state index in [1.54, 1.807) is 13.1 Å². The van der Waals surface area contributed by atoms with Crippen LogP contribution in [0.25, 0.3) is 21.8 Å². The number of ketones is 1. The molecular weight excluding hydrogens is 388 g/mol. The smallest absolute Gasteiger partial charge is 0.339 e. The number of hydrogen-bond donors (Lipinski definition) is 1. The molecule has 0 bridgehead atoms. The van der Waals surface area contributed by atoms with Gasteiger partial charge in [0.25, 0.3) is 0 Å². The minimum absolute atomic E-state index is 0.213. The third-order valence-corrected chi connectivity index (χ3v) is 6.13. The minimum atomic E-state index is -0.889. The summed E-state index contributed by atoms with van der Waals surface area (Å²) in [6, 6.07) is 15.3. The van der Waals surface area contributed by atoms with Crippen molar-refractivity contribution in [2.45, 2.75) is 45.1 Å². The highest BCUT2D eigenvalue weighted by molar-refractivity contribution is 6.11. The predicted molar refractivity (Wildman–Crippen MR) is 121 cm³/mol. The van der Waals surface area contributed by atoms with Gasteiger partial charge in [-0.2, -0.15) is 0 Å². The molecule has 4 aromatic rings. The van der Waals surface area contributed by atoms with Crippen molar-refractivity contribution >= 4 is 33.6 Å². The van der Waals surface area contributed by atoms with Crippen LogP contribution in [-0.4, -0.2) is 27.8 Å². The molecule has 5 nitrogen and oxygen atoms in total. The first-order valence-corrected chi connectivity index (χ1v) is 10.9. The number of ether oxygens (including phenoxy) is 1. The van der Waals surface area contributed by atoms with Crippen molar-refractivity contribution in [3.8, 4) is 0 Å². The van der Waals surface area contributed by atoms with Crippen LogP contribution in [0.2, 0.25) is 0 Å². The monoisotopic (exact) mass is 412 g/mol. The Labute approximate surface area is 180 Å². The number of Topliss-reactive ketones (excluding diaryl/α,β-unsaturated/α-hetero) is 1. The molecule has 1 aliphatic carbocycles. The van der Waals surface area contributed by atoms with Crippen LogP contribution in [0.1, 0.15) is 58.2 Å². The largest absolute Gasteiger partial charge is 0.451 e. The number of para-hydroxylation sites is 2. The van der Waals surface area contributed by atoms with E-state index in [4.69, 9.17) is 9.72 Å². The van der Waals surface area contributed by atoms with Gasteiger partial charge in [0.15, 0.2) is 6.10 Å². The summed E-state index contributed by atoms with van der Waals surface area (Å²) < 4.78 is 5.76. The second-order valence-corrected chi connectivity index (χ2v) is 8.15. The Bertz CT molecular complexity index is 1300. The van der Waals surface area contributed by atoms with Gasteiger partial charge in [0.1, 0.15) is 0 Å². The number of nitrogens with zero attached hydrogens (tertiary/aromatic N) is 1. The summed E-state index contributed by atoms with van der Waals surface area (Å²) in [5.41, 5.74) is 4.75. The quantitative estimate of drug-likeness (QED) is 0.276. The highest BCUT2D eigenvalue weighted by atomic mass is 16.5. The maximum absolute atomic E-state index is 13.4. The first-order valence-electron chi connectivity index (χ1n) is 10.9. The van der Waals surface area contributed by atoms with E-state index in [1.807, 2.05) is 48.5 Å². The molecule has 2 aromatic heterocycles. The van der Waals surface area contributed by atoms with Crippen molar-refractivity contribution in [2.24, 2.45) is 0 Å². The summed E-state index contributed by atoms with van der Waals surface area (Å²) in [6.45, 7) is 1.64. The van der Waals surface area contributed by atoms with Crippen LogP contribution in [0, 0.1) is 0 Å². The van der Waals surface area contributed by atoms with E-state index >= 15 is 0 Å². The number of rotatable bonds is 4. The summed E-state index contributed by atoms with van der Waals surface area (Å²) in [7, 11) is 0. The number of aromatic amines is 1. The number of nitrogens with one attached hydrogen (secondary N) is 1. The number of pyridine rings is 1. The van der Waals surface area contributed by atoms with Crippen LogP contribution < -0.4 is 0 Å². The molecule has 5 rings (SSSR count). The van der Waals surface area contributed by atoms with E-state index < -0.39 is 12.1 Å². The molecule has 0 saturated heterocycles. The molecule has 156 valence electrons. The minimum Gasteiger partial charge on any atom is -0.451 e. The van der Waals surface area contributed by atoms with E-state index in [1.165, 1.54) is 0 Å². The Kier molecular flexibility index (Phi) is 5.02. The van der Waals surface area contributed by atoms with Gasteiger partial charge in [0.2, 0.25) is 5.78 Å². The topological polar surface area (TPSA) is 72.0 Å². The first kappa shape index (κ1) is 19.5. The van der Waals surface area contributed by atoms with E-state index in [0.717, 1.165) is 65.2 Å². The van der Waals surface area contributed by atoms with Gasteiger partial charge in [-0.3, -0.25) is 9.78 Å². The zero-order valence-corrected chi connectivity index (χ0v) is 17.5. The zero-order chi connectivity index (χ0) is 21.4. The second kappa shape index (κ2) is 7.99. The van der Waals surface area contributed by atoms with E-state index in [2.05, 4.69) is 4.98 Å². The van der Waals surface area contributed by atoms with E-state index in [0.29, 0.717) is 11.1 Å². The van der Waals surface area contributed by atoms with Gasteiger partial charge in [-0.25, -0.2) is 4.79 Å². The molecule has 1 aliphatic rings.